The van der Waals surface area contributed by atoms with Crippen LogP contribution < -0.4 is 5.56 Å². The van der Waals surface area contributed by atoms with Crippen LogP contribution in [-0.2, 0) is 11.3 Å². The molecule has 0 spiro atoms. The van der Waals surface area contributed by atoms with E-state index in [1.54, 1.807) is 29.2 Å². The van der Waals surface area contributed by atoms with Gasteiger partial charge in [-0.3, -0.25) is 9.59 Å². The Hall–Kier alpha value is -2.28. The molecule has 23 heavy (non-hydrogen) atoms. The van der Waals surface area contributed by atoms with Crippen molar-refractivity contribution in [2.75, 3.05) is 27.2 Å². The van der Waals surface area contributed by atoms with Gasteiger partial charge < -0.3 is 9.80 Å². The van der Waals surface area contributed by atoms with Gasteiger partial charge in [0.2, 0.25) is 5.91 Å². The number of carbonyl (C=O) groups is 1. The standard InChI is InChI=1S/C16H21N5O2/c1-11-8-20(9-14(11)19(2)3)15(22)10-21-16(23)12-6-4-5-7-13(12)17-18-21/h4-7,11,14H,8-10H2,1-3H3/t11-,14+/m0/s1. The molecular weight excluding hydrogens is 294 g/mol. The average molecular weight is 315 g/mol. The van der Waals surface area contributed by atoms with Crippen LogP contribution in [0.25, 0.3) is 10.9 Å². The number of benzene rings is 1. The maximum absolute atomic E-state index is 12.5. The first-order chi connectivity index (χ1) is 11.0. The van der Waals surface area contributed by atoms with Crippen LogP contribution in [0.15, 0.2) is 29.1 Å². The first kappa shape index (κ1) is 15.6. The van der Waals surface area contributed by atoms with Crippen LogP contribution >= 0.6 is 0 Å². The monoisotopic (exact) mass is 315 g/mol. The van der Waals surface area contributed by atoms with Gasteiger partial charge in [-0.05, 0) is 32.1 Å². The summed E-state index contributed by atoms with van der Waals surface area (Å²) in [5.41, 5.74) is 0.268. The van der Waals surface area contributed by atoms with Crippen molar-refractivity contribution in [3.05, 3.63) is 34.6 Å². The lowest BCUT2D eigenvalue weighted by Crippen LogP contribution is -2.38. The van der Waals surface area contributed by atoms with Crippen molar-refractivity contribution < 1.29 is 4.79 Å². The molecule has 2 aromatic rings. The predicted octanol–water partition coefficient (Wildman–Crippen LogP) is 0.200. The summed E-state index contributed by atoms with van der Waals surface area (Å²) >= 11 is 0. The molecule has 7 heteroatoms. The van der Waals surface area contributed by atoms with Crippen LogP contribution in [0.3, 0.4) is 0 Å². The fourth-order valence-corrected chi connectivity index (χ4v) is 3.18. The maximum Gasteiger partial charge on any atom is 0.278 e. The summed E-state index contributed by atoms with van der Waals surface area (Å²) in [6, 6.07) is 7.37. The van der Waals surface area contributed by atoms with Gasteiger partial charge in [-0.1, -0.05) is 24.3 Å². The zero-order chi connectivity index (χ0) is 16.6. The summed E-state index contributed by atoms with van der Waals surface area (Å²) in [6.45, 7) is 3.46. The van der Waals surface area contributed by atoms with Gasteiger partial charge in [-0.25, -0.2) is 4.68 Å². The fraction of sp³-hybridized carbons (Fsp3) is 0.500. The molecular formula is C16H21N5O2. The molecule has 0 aliphatic carbocycles. The van der Waals surface area contributed by atoms with Gasteiger partial charge in [0.1, 0.15) is 12.1 Å². The Bertz CT molecular complexity index is 785. The van der Waals surface area contributed by atoms with Gasteiger partial charge in [0.25, 0.3) is 5.56 Å². The van der Waals surface area contributed by atoms with Crippen LogP contribution in [-0.4, -0.2) is 63.9 Å². The molecule has 122 valence electrons. The highest BCUT2D eigenvalue weighted by Gasteiger charge is 2.33. The highest BCUT2D eigenvalue weighted by Crippen LogP contribution is 2.20. The Morgan fingerprint density at radius 1 is 1.30 bits per heavy atom. The highest BCUT2D eigenvalue weighted by molar-refractivity contribution is 5.78. The van der Waals surface area contributed by atoms with Crippen LogP contribution in [0.4, 0.5) is 0 Å². The molecule has 0 radical (unpaired) electrons. The number of likely N-dealkylation sites (tertiary alicyclic amines) is 1. The quantitative estimate of drug-likeness (QED) is 0.809. The molecule has 1 aromatic carbocycles. The molecule has 0 saturated carbocycles. The predicted molar refractivity (Wildman–Crippen MR) is 87.0 cm³/mol. The van der Waals surface area contributed by atoms with Crippen molar-refractivity contribution in [1.82, 2.24) is 24.8 Å². The minimum Gasteiger partial charge on any atom is -0.339 e. The van der Waals surface area contributed by atoms with Crippen molar-refractivity contribution in [2.24, 2.45) is 5.92 Å². The SMILES string of the molecule is C[C@H]1CN(C(=O)Cn2nnc3ccccc3c2=O)C[C@H]1N(C)C. The van der Waals surface area contributed by atoms with E-state index in [1.165, 1.54) is 0 Å². The Morgan fingerprint density at radius 2 is 2.04 bits per heavy atom. The van der Waals surface area contributed by atoms with E-state index in [0.29, 0.717) is 36.0 Å². The molecule has 0 N–H and O–H groups in total. The summed E-state index contributed by atoms with van der Waals surface area (Å²) in [4.78, 5) is 28.8. The van der Waals surface area contributed by atoms with Crippen LogP contribution in [0.5, 0.6) is 0 Å². The van der Waals surface area contributed by atoms with Crippen molar-refractivity contribution in [3.63, 3.8) is 0 Å². The Labute approximate surface area is 134 Å². The van der Waals surface area contributed by atoms with Crippen LogP contribution in [0.1, 0.15) is 6.92 Å². The number of amides is 1. The minimum atomic E-state index is -0.277. The lowest BCUT2D eigenvalue weighted by molar-refractivity contribution is -0.131. The van der Waals surface area contributed by atoms with Crippen molar-refractivity contribution in [1.29, 1.82) is 0 Å². The van der Waals surface area contributed by atoms with Crippen molar-refractivity contribution >= 4 is 16.8 Å². The number of hydrogen-bond donors (Lipinski definition) is 0. The molecule has 1 aliphatic rings. The molecule has 0 bridgehead atoms. The Balaban J connectivity index is 1.79. The smallest absolute Gasteiger partial charge is 0.278 e. The van der Waals surface area contributed by atoms with Gasteiger partial charge in [0.15, 0.2) is 0 Å². The fourth-order valence-electron chi connectivity index (χ4n) is 3.18. The number of fused-ring (bicyclic) bond motifs is 1. The second kappa shape index (κ2) is 6.08. The summed E-state index contributed by atoms with van der Waals surface area (Å²) in [7, 11) is 4.04. The molecule has 3 rings (SSSR count). The minimum absolute atomic E-state index is 0.0659. The van der Waals surface area contributed by atoms with Crippen molar-refractivity contribution in [3.8, 4) is 0 Å². The molecule has 1 saturated heterocycles. The topological polar surface area (TPSA) is 71.3 Å². The molecule has 2 heterocycles. The zero-order valence-electron chi connectivity index (χ0n) is 13.6. The second-order valence-corrected chi connectivity index (χ2v) is 6.38. The summed E-state index contributed by atoms with van der Waals surface area (Å²) < 4.78 is 1.15. The van der Waals surface area contributed by atoms with E-state index in [0.717, 1.165) is 4.68 Å². The third-order valence-corrected chi connectivity index (χ3v) is 4.50. The van der Waals surface area contributed by atoms with E-state index in [9.17, 15) is 9.59 Å². The van der Waals surface area contributed by atoms with Gasteiger partial charge in [-0.2, -0.15) is 0 Å². The number of nitrogens with zero attached hydrogens (tertiary/aromatic N) is 5. The van der Waals surface area contributed by atoms with Crippen molar-refractivity contribution in [2.45, 2.75) is 19.5 Å². The molecule has 7 nitrogen and oxygen atoms in total. The lowest BCUT2D eigenvalue weighted by Gasteiger charge is -2.22. The number of rotatable bonds is 3. The third-order valence-electron chi connectivity index (χ3n) is 4.50. The largest absolute Gasteiger partial charge is 0.339 e. The van der Waals surface area contributed by atoms with Crippen LogP contribution in [0.2, 0.25) is 0 Å². The van der Waals surface area contributed by atoms with E-state index >= 15 is 0 Å². The maximum atomic E-state index is 12.5. The highest BCUT2D eigenvalue weighted by atomic mass is 16.2. The molecule has 1 fully saturated rings. The molecule has 1 aliphatic heterocycles. The zero-order valence-corrected chi connectivity index (χ0v) is 13.6. The second-order valence-electron chi connectivity index (χ2n) is 6.38. The van der Waals surface area contributed by atoms with Gasteiger partial charge in [-0.15, -0.1) is 5.10 Å². The Kier molecular flexibility index (Phi) is 4.12. The van der Waals surface area contributed by atoms with E-state index in [4.69, 9.17) is 0 Å². The van der Waals surface area contributed by atoms with Gasteiger partial charge >= 0.3 is 0 Å². The summed E-state index contributed by atoms with van der Waals surface area (Å²) in [5.74, 6) is 0.321. The first-order valence-corrected chi connectivity index (χ1v) is 7.74. The Morgan fingerprint density at radius 3 is 2.74 bits per heavy atom. The van der Waals surface area contributed by atoms with E-state index in [-0.39, 0.29) is 18.0 Å². The first-order valence-electron chi connectivity index (χ1n) is 7.74. The van der Waals surface area contributed by atoms with E-state index in [1.807, 2.05) is 14.1 Å². The van der Waals surface area contributed by atoms with Crippen LogP contribution in [0, 0.1) is 5.92 Å². The number of likely N-dealkylation sites (N-methyl/N-ethyl adjacent to an activating group) is 1. The average Bonchev–Trinajstić information content (AvgIpc) is 2.92. The lowest BCUT2D eigenvalue weighted by atomic mass is 10.1. The van der Waals surface area contributed by atoms with Gasteiger partial charge in [0.05, 0.1) is 5.39 Å². The molecule has 0 unspecified atom stereocenters. The van der Waals surface area contributed by atoms with E-state index < -0.39 is 0 Å². The normalized spacial score (nSPS) is 21.3. The number of carbonyl (C=O) groups excluding carboxylic acids is 1. The molecule has 1 amide bonds. The summed E-state index contributed by atoms with van der Waals surface area (Å²) in [5, 5.41) is 8.38. The molecule has 1 aromatic heterocycles. The molecule has 2 atom stereocenters. The third kappa shape index (κ3) is 2.96. The van der Waals surface area contributed by atoms with Gasteiger partial charge in [0, 0.05) is 19.1 Å². The number of hydrogen-bond acceptors (Lipinski definition) is 5. The summed E-state index contributed by atoms with van der Waals surface area (Å²) in [6.07, 6.45) is 0. The van der Waals surface area contributed by atoms with E-state index in [2.05, 4.69) is 22.1 Å². The number of aromatic nitrogens is 3.